The molecule has 5 aromatic carbocycles. The van der Waals surface area contributed by atoms with E-state index in [2.05, 4.69) is 109 Å². The van der Waals surface area contributed by atoms with E-state index in [-0.39, 0.29) is 0 Å². The molecule has 0 bridgehead atoms. The second-order valence-electron chi connectivity index (χ2n) is 6.63. The highest BCUT2D eigenvalue weighted by atomic mass is 14.1. The molecule has 0 unspecified atom stereocenters. The van der Waals surface area contributed by atoms with Gasteiger partial charge in [-0.2, -0.15) is 0 Å². The third kappa shape index (κ3) is 2.48. The maximum Gasteiger partial charge on any atom is -0.00990 e. The van der Waals surface area contributed by atoms with E-state index in [1.807, 2.05) is 0 Å². The number of benzene rings is 5. The Labute approximate surface area is 153 Å². The lowest BCUT2D eigenvalue weighted by Crippen LogP contribution is -1.85. The molecule has 0 radical (unpaired) electrons. The summed E-state index contributed by atoms with van der Waals surface area (Å²) >= 11 is 0. The highest BCUT2D eigenvalue weighted by molar-refractivity contribution is 6.06. The summed E-state index contributed by atoms with van der Waals surface area (Å²) in [5, 5.41) is 5.15. The van der Waals surface area contributed by atoms with Crippen LogP contribution in [0.1, 0.15) is 0 Å². The monoisotopic (exact) mass is 330 g/mol. The van der Waals surface area contributed by atoms with Crippen molar-refractivity contribution in [2.75, 3.05) is 0 Å². The van der Waals surface area contributed by atoms with Gasteiger partial charge in [0.25, 0.3) is 0 Å². The normalized spacial score (nSPS) is 11.1. The van der Waals surface area contributed by atoms with Crippen LogP contribution in [0.25, 0.3) is 43.8 Å². The van der Waals surface area contributed by atoms with Crippen molar-refractivity contribution < 1.29 is 0 Å². The lowest BCUT2D eigenvalue weighted by atomic mass is 9.92. The summed E-state index contributed by atoms with van der Waals surface area (Å²) in [6, 6.07) is 39.1. The van der Waals surface area contributed by atoms with Gasteiger partial charge in [0.15, 0.2) is 0 Å². The van der Waals surface area contributed by atoms with Gasteiger partial charge in [-0.15, -0.1) is 0 Å². The van der Waals surface area contributed by atoms with E-state index in [9.17, 15) is 0 Å². The van der Waals surface area contributed by atoms with Gasteiger partial charge in [0.1, 0.15) is 0 Å². The Kier molecular flexibility index (Phi) is 3.54. The molecule has 5 aromatic rings. The molecule has 0 spiro atoms. The van der Waals surface area contributed by atoms with Crippen LogP contribution in [0, 0.1) is 0 Å². The zero-order valence-electron chi connectivity index (χ0n) is 14.4. The summed E-state index contributed by atoms with van der Waals surface area (Å²) in [6.45, 7) is 0. The van der Waals surface area contributed by atoms with E-state index in [4.69, 9.17) is 0 Å². The zero-order chi connectivity index (χ0) is 17.3. The summed E-state index contributed by atoms with van der Waals surface area (Å²) in [6.07, 6.45) is 0. The van der Waals surface area contributed by atoms with Crippen LogP contribution in [0.2, 0.25) is 0 Å². The van der Waals surface area contributed by atoms with Crippen molar-refractivity contribution in [2.45, 2.75) is 0 Å². The minimum absolute atomic E-state index is 1.25. The predicted octanol–water partition coefficient (Wildman–Crippen LogP) is 7.33. The third-order valence-electron chi connectivity index (χ3n) is 5.07. The molecule has 0 saturated carbocycles. The summed E-state index contributed by atoms with van der Waals surface area (Å²) < 4.78 is 0. The minimum atomic E-state index is 1.25. The summed E-state index contributed by atoms with van der Waals surface area (Å²) in [4.78, 5) is 0. The summed E-state index contributed by atoms with van der Waals surface area (Å²) in [7, 11) is 0. The number of rotatable bonds is 2. The van der Waals surface area contributed by atoms with Gasteiger partial charge in [-0.25, -0.2) is 0 Å². The molecule has 0 N–H and O–H groups in total. The molecule has 0 aliphatic carbocycles. The molecule has 0 heteroatoms. The highest BCUT2D eigenvalue weighted by Gasteiger charge is 2.08. The molecule has 122 valence electrons. The van der Waals surface area contributed by atoms with Crippen LogP contribution in [0.4, 0.5) is 0 Å². The first-order valence-corrected chi connectivity index (χ1v) is 8.96. The topological polar surface area (TPSA) is 0 Å². The molecule has 0 saturated heterocycles. The average Bonchev–Trinajstić information content (AvgIpc) is 2.73. The van der Waals surface area contributed by atoms with Crippen molar-refractivity contribution in [2.24, 2.45) is 0 Å². The Bertz CT molecular complexity index is 1210. The molecular weight excluding hydrogens is 312 g/mol. The molecular formula is C26H18. The van der Waals surface area contributed by atoms with Gasteiger partial charge in [-0.1, -0.05) is 103 Å². The largest absolute Gasteiger partial charge is 0.0622 e. The van der Waals surface area contributed by atoms with E-state index in [0.29, 0.717) is 0 Å². The third-order valence-corrected chi connectivity index (χ3v) is 5.07. The summed E-state index contributed by atoms with van der Waals surface area (Å²) in [5.41, 5.74) is 5.09. The quantitative estimate of drug-likeness (QED) is 0.318. The number of fused-ring (bicyclic) bond motifs is 2. The molecule has 0 aromatic heterocycles. The molecule has 0 atom stereocenters. The smallest absolute Gasteiger partial charge is 0.00990 e. The average molecular weight is 330 g/mol. The van der Waals surface area contributed by atoms with Crippen molar-refractivity contribution in [3.8, 4) is 22.3 Å². The van der Waals surface area contributed by atoms with Crippen LogP contribution in [-0.4, -0.2) is 0 Å². The fraction of sp³-hybridized carbons (Fsp3) is 0. The Morgan fingerprint density at radius 3 is 1.77 bits per heavy atom. The molecule has 0 aliphatic rings. The van der Waals surface area contributed by atoms with Gasteiger partial charge in [0.05, 0.1) is 0 Å². The number of hydrogen-bond donors (Lipinski definition) is 0. The molecule has 0 aliphatic heterocycles. The van der Waals surface area contributed by atoms with Gasteiger partial charge in [-0.05, 0) is 49.9 Å². The van der Waals surface area contributed by atoms with Gasteiger partial charge in [0, 0.05) is 0 Å². The maximum atomic E-state index is 2.32. The highest BCUT2D eigenvalue weighted by Crippen LogP contribution is 2.35. The standard InChI is InChI=1S/C26H18/c1-2-8-19(9-3-1)22-17-16-21-12-7-15-25(26(21)18-22)24-14-6-11-20-10-4-5-13-23(20)24/h1-18H. The van der Waals surface area contributed by atoms with Crippen LogP contribution >= 0.6 is 0 Å². The van der Waals surface area contributed by atoms with Gasteiger partial charge >= 0.3 is 0 Å². The van der Waals surface area contributed by atoms with E-state index in [1.54, 1.807) is 0 Å². The molecule has 0 nitrogen and oxygen atoms in total. The first-order chi connectivity index (χ1) is 12.9. The fourth-order valence-electron chi connectivity index (χ4n) is 3.78. The Morgan fingerprint density at radius 2 is 0.962 bits per heavy atom. The molecule has 5 rings (SSSR count). The fourth-order valence-corrected chi connectivity index (χ4v) is 3.78. The summed E-state index contributed by atoms with van der Waals surface area (Å²) in [5.74, 6) is 0. The maximum absolute atomic E-state index is 2.32. The Balaban J connectivity index is 1.80. The van der Waals surface area contributed by atoms with E-state index in [1.165, 1.54) is 43.8 Å². The van der Waals surface area contributed by atoms with Crippen molar-refractivity contribution in [3.63, 3.8) is 0 Å². The van der Waals surface area contributed by atoms with Gasteiger partial charge < -0.3 is 0 Å². The van der Waals surface area contributed by atoms with Crippen molar-refractivity contribution >= 4 is 21.5 Å². The van der Waals surface area contributed by atoms with Crippen molar-refractivity contribution in [1.29, 1.82) is 0 Å². The molecule has 26 heavy (non-hydrogen) atoms. The molecule has 0 amide bonds. The van der Waals surface area contributed by atoms with Crippen LogP contribution in [-0.2, 0) is 0 Å². The SMILES string of the molecule is c1ccc(-c2ccc3cccc(-c4cccc5ccccc45)c3c2)cc1. The van der Waals surface area contributed by atoms with Crippen LogP contribution < -0.4 is 0 Å². The van der Waals surface area contributed by atoms with Crippen molar-refractivity contribution in [3.05, 3.63) is 109 Å². The number of hydrogen-bond acceptors (Lipinski definition) is 0. The Hall–Kier alpha value is -3.38. The second kappa shape index (κ2) is 6.16. The van der Waals surface area contributed by atoms with Crippen LogP contribution in [0.5, 0.6) is 0 Å². The van der Waals surface area contributed by atoms with Gasteiger partial charge in [0.2, 0.25) is 0 Å². The van der Waals surface area contributed by atoms with Crippen molar-refractivity contribution in [1.82, 2.24) is 0 Å². The molecule has 0 heterocycles. The lowest BCUT2D eigenvalue weighted by Gasteiger charge is -2.12. The first kappa shape index (κ1) is 14.9. The predicted molar refractivity (Wildman–Crippen MR) is 112 cm³/mol. The van der Waals surface area contributed by atoms with E-state index >= 15 is 0 Å². The van der Waals surface area contributed by atoms with Gasteiger partial charge in [-0.3, -0.25) is 0 Å². The zero-order valence-corrected chi connectivity index (χ0v) is 14.4. The van der Waals surface area contributed by atoms with Crippen LogP contribution in [0.15, 0.2) is 109 Å². The first-order valence-electron chi connectivity index (χ1n) is 8.96. The second-order valence-corrected chi connectivity index (χ2v) is 6.63. The molecule has 0 fully saturated rings. The van der Waals surface area contributed by atoms with E-state index < -0.39 is 0 Å². The van der Waals surface area contributed by atoms with Crippen LogP contribution in [0.3, 0.4) is 0 Å². The minimum Gasteiger partial charge on any atom is -0.0622 e. The lowest BCUT2D eigenvalue weighted by molar-refractivity contribution is 1.64. The van der Waals surface area contributed by atoms with E-state index in [0.717, 1.165) is 0 Å². The Morgan fingerprint density at radius 1 is 0.346 bits per heavy atom.